The first-order chi connectivity index (χ1) is 11.3. The van der Waals surface area contributed by atoms with Gasteiger partial charge in [-0.05, 0) is 30.5 Å². The first kappa shape index (κ1) is 14.1. The van der Waals surface area contributed by atoms with E-state index in [1.165, 1.54) is 22.4 Å². The number of aliphatic hydroxyl groups excluding tert-OH is 1. The summed E-state index contributed by atoms with van der Waals surface area (Å²) in [5.74, 6) is 0. The largest absolute Gasteiger partial charge is 0.396 e. The second-order valence-electron chi connectivity index (χ2n) is 6.04. The van der Waals surface area contributed by atoms with Crippen LogP contribution in [-0.4, -0.2) is 16.7 Å². The lowest BCUT2D eigenvalue weighted by Crippen LogP contribution is -2.40. The van der Waals surface area contributed by atoms with Crippen LogP contribution in [0.15, 0.2) is 66.9 Å². The van der Waals surface area contributed by atoms with Crippen LogP contribution in [0.3, 0.4) is 0 Å². The lowest BCUT2D eigenvalue weighted by Gasteiger charge is -2.40. The number of anilines is 1. The van der Waals surface area contributed by atoms with Crippen molar-refractivity contribution < 1.29 is 5.11 Å². The van der Waals surface area contributed by atoms with Crippen molar-refractivity contribution in [3.05, 3.63) is 78.1 Å². The average Bonchev–Trinajstić information content (AvgIpc) is 3.11. The van der Waals surface area contributed by atoms with Crippen LogP contribution >= 0.6 is 0 Å². The molecule has 3 N–H and O–H groups in total. The normalized spacial score (nSPS) is 18.8. The molecule has 4 rings (SSSR count). The Kier molecular flexibility index (Phi) is 3.43. The highest BCUT2D eigenvalue weighted by atomic mass is 16.2. The molecule has 3 aromatic rings. The summed E-state index contributed by atoms with van der Waals surface area (Å²) in [7, 11) is 0. The number of hydrogen-bond donors (Lipinski definition) is 3. The molecule has 1 aromatic heterocycles. The Balaban J connectivity index is 1.94. The summed E-state index contributed by atoms with van der Waals surface area (Å²) in [6, 6.07) is 21.0. The van der Waals surface area contributed by atoms with Crippen molar-refractivity contribution in [2.24, 2.45) is 0 Å². The quantitative estimate of drug-likeness (QED) is 0.679. The van der Waals surface area contributed by atoms with Gasteiger partial charge in [0.15, 0.2) is 0 Å². The minimum atomic E-state index is -0.336. The molecule has 0 fully saturated rings. The van der Waals surface area contributed by atoms with Crippen molar-refractivity contribution in [2.45, 2.75) is 18.4 Å². The molecule has 0 aliphatic carbocycles. The number of benzene rings is 2. The SMILES string of the molecule is OCCCC1(c2ccccc2)Nc2ccccc2-c2cc[nH]c21. The molecule has 3 heteroatoms. The number of fused-ring (bicyclic) bond motifs is 3. The van der Waals surface area contributed by atoms with Gasteiger partial charge in [-0.25, -0.2) is 0 Å². The second-order valence-corrected chi connectivity index (χ2v) is 6.04. The maximum atomic E-state index is 9.41. The van der Waals surface area contributed by atoms with Gasteiger partial charge >= 0.3 is 0 Å². The van der Waals surface area contributed by atoms with Crippen molar-refractivity contribution in [3.63, 3.8) is 0 Å². The predicted molar refractivity (Wildman–Crippen MR) is 93.4 cm³/mol. The molecule has 0 bridgehead atoms. The molecule has 0 spiro atoms. The third-order valence-electron chi connectivity index (χ3n) is 4.72. The van der Waals surface area contributed by atoms with Crippen LogP contribution < -0.4 is 5.32 Å². The minimum Gasteiger partial charge on any atom is -0.396 e. The van der Waals surface area contributed by atoms with Gasteiger partial charge in [0.05, 0.1) is 5.69 Å². The van der Waals surface area contributed by atoms with E-state index in [1.807, 2.05) is 12.3 Å². The summed E-state index contributed by atoms with van der Waals surface area (Å²) in [5.41, 5.74) is 5.65. The second kappa shape index (κ2) is 5.60. The number of aliphatic hydroxyl groups is 1. The highest BCUT2D eigenvalue weighted by Crippen LogP contribution is 2.47. The molecule has 116 valence electrons. The van der Waals surface area contributed by atoms with E-state index in [-0.39, 0.29) is 12.1 Å². The van der Waals surface area contributed by atoms with Gasteiger partial charge in [0.25, 0.3) is 0 Å². The summed E-state index contributed by atoms with van der Waals surface area (Å²) in [6.45, 7) is 0.188. The number of rotatable bonds is 4. The maximum absolute atomic E-state index is 9.41. The first-order valence-corrected chi connectivity index (χ1v) is 8.07. The van der Waals surface area contributed by atoms with Crippen molar-refractivity contribution in [3.8, 4) is 11.1 Å². The molecule has 1 atom stereocenters. The van der Waals surface area contributed by atoms with E-state index in [1.54, 1.807) is 0 Å². The van der Waals surface area contributed by atoms with Gasteiger partial charge in [0.1, 0.15) is 5.54 Å². The van der Waals surface area contributed by atoms with Gasteiger partial charge in [0, 0.05) is 29.6 Å². The fourth-order valence-electron chi connectivity index (χ4n) is 3.68. The fraction of sp³-hybridized carbons (Fsp3) is 0.200. The van der Waals surface area contributed by atoms with Crippen LogP contribution in [-0.2, 0) is 5.54 Å². The summed E-state index contributed by atoms with van der Waals surface area (Å²) in [4.78, 5) is 3.45. The van der Waals surface area contributed by atoms with E-state index in [0.29, 0.717) is 0 Å². The summed E-state index contributed by atoms with van der Waals surface area (Å²) in [5, 5.41) is 13.2. The smallest absolute Gasteiger partial charge is 0.104 e. The Morgan fingerprint density at radius 3 is 2.48 bits per heavy atom. The molecule has 1 aliphatic heterocycles. The summed E-state index contributed by atoms with van der Waals surface area (Å²) >= 11 is 0. The molecule has 0 saturated heterocycles. The minimum absolute atomic E-state index is 0.188. The molecule has 2 heterocycles. The van der Waals surface area contributed by atoms with E-state index in [0.717, 1.165) is 18.5 Å². The van der Waals surface area contributed by atoms with Crippen LogP contribution in [0, 0.1) is 0 Å². The van der Waals surface area contributed by atoms with Gasteiger partial charge < -0.3 is 15.4 Å². The van der Waals surface area contributed by atoms with Gasteiger partial charge in [-0.15, -0.1) is 0 Å². The van der Waals surface area contributed by atoms with Gasteiger partial charge in [-0.3, -0.25) is 0 Å². The highest BCUT2D eigenvalue weighted by Gasteiger charge is 2.40. The van der Waals surface area contributed by atoms with Crippen LogP contribution in [0.5, 0.6) is 0 Å². The monoisotopic (exact) mass is 304 g/mol. The molecule has 0 saturated carbocycles. The number of hydrogen-bond acceptors (Lipinski definition) is 2. The van der Waals surface area contributed by atoms with Gasteiger partial charge in [-0.2, -0.15) is 0 Å². The molecular formula is C20H20N2O. The Morgan fingerprint density at radius 1 is 0.870 bits per heavy atom. The Morgan fingerprint density at radius 2 is 1.65 bits per heavy atom. The lowest BCUT2D eigenvalue weighted by atomic mass is 9.77. The zero-order chi connectivity index (χ0) is 15.7. The highest BCUT2D eigenvalue weighted by molar-refractivity contribution is 5.85. The zero-order valence-corrected chi connectivity index (χ0v) is 12.9. The number of para-hydroxylation sites is 1. The zero-order valence-electron chi connectivity index (χ0n) is 12.9. The fourth-order valence-corrected chi connectivity index (χ4v) is 3.68. The third-order valence-corrected chi connectivity index (χ3v) is 4.72. The third kappa shape index (κ3) is 2.16. The topological polar surface area (TPSA) is 48.0 Å². The Labute approximate surface area is 136 Å². The van der Waals surface area contributed by atoms with Crippen molar-refractivity contribution in [2.75, 3.05) is 11.9 Å². The van der Waals surface area contributed by atoms with Crippen molar-refractivity contribution in [1.29, 1.82) is 0 Å². The standard InChI is InChI=1S/C20H20N2O/c23-14-6-12-20(15-7-2-1-3-8-15)19-17(11-13-21-19)16-9-4-5-10-18(16)22-20/h1-5,7-11,13,21-23H,6,12,14H2. The molecule has 2 aromatic carbocycles. The van der Waals surface area contributed by atoms with Gasteiger partial charge in [0.2, 0.25) is 0 Å². The van der Waals surface area contributed by atoms with Crippen molar-refractivity contribution >= 4 is 5.69 Å². The molecule has 1 unspecified atom stereocenters. The van der Waals surface area contributed by atoms with Crippen LogP contribution in [0.25, 0.3) is 11.1 Å². The van der Waals surface area contributed by atoms with Crippen LogP contribution in [0.1, 0.15) is 24.1 Å². The summed E-state index contributed by atoms with van der Waals surface area (Å²) in [6.07, 6.45) is 3.57. The van der Waals surface area contributed by atoms with Crippen LogP contribution in [0.2, 0.25) is 0 Å². The molecule has 3 nitrogen and oxygen atoms in total. The molecule has 0 radical (unpaired) electrons. The van der Waals surface area contributed by atoms with E-state index in [2.05, 4.69) is 64.9 Å². The number of H-pyrrole nitrogens is 1. The van der Waals surface area contributed by atoms with E-state index < -0.39 is 0 Å². The molecule has 23 heavy (non-hydrogen) atoms. The average molecular weight is 304 g/mol. The van der Waals surface area contributed by atoms with Crippen LogP contribution in [0.4, 0.5) is 5.69 Å². The molecule has 0 amide bonds. The number of aromatic amines is 1. The Hall–Kier alpha value is -2.52. The number of nitrogens with one attached hydrogen (secondary N) is 2. The van der Waals surface area contributed by atoms with E-state index in [4.69, 9.17) is 0 Å². The summed E-state index contributed by atoms with van der Waals surface area (Å²) < 4.78 is 0. The number of aromatic nitrogens is 1. The lowest BCUT2D eigenvalue weighted by molar-refractivity contribution is 0.272. The first-order valence-electron chi connectivity index (χ1n) is 8.07. The molecule has 1 aliphatic rings. The van der Waals surface area contributed by atoms with Crippen molar-refractivity contribution in [1.82, 2.24) is 4.98 Å². The maximum Gasteiger partial charge on any atom is 0.104 e. The van der Waals surface area contributed by atoms with Gasteiger partial charge in [-0.1, -0.05) is 48.5 Å². The Bertz CT molecular complexity index is 809. The molecular weight excluding hydrogens is 284 g/mol. The predicted octanol–water partition coefficient (Wildman–Crippen LogP) is 4.12. The van der Waals surface area contributed by atoms with E-state index in [9.17, 15) is 5.11 Å². The van der Waals surface area contributed by atoms with E-state index >= 15 is 0 Å².